The molecule has 0 radical (unpaired) electrons. The summed E-state index contributed by atoms with van der Waals surface area (Å²) in [5.41, 5.74) is 3.38. The number of benzene rings is 2. The van der Waals surface area contributed by atoms with Crippen molar-refractivity contribution < 1.29 is 23.1 Å². The van der Waals surface area contributed by atoms with Crippen LogP contribution in [0, 0.1) is 17.5 Å². The Hall–Kier alpha value is -3.13. The molecule has 31 heavy (non-hydrogen) atoms. The third-order valence-corrected chi connectivity index (χ3v) is 6.40. The quantitative estimate of drug-likeness (QED) is 0.538. The molecule has 1 fully saturated rings. The van der Waals surface area contributed by atoms with Gasteiger partial charge in [-0.1, -0.05) is 24.3 Å². The molecule has 5 rings (SSSR count). The molecule has 2 aliphatic rings. The van der Waals surface area contributed by atoms with Crippen molar-refractivity contribution in [2.75, 3.05) is 5.32 Å². The number of amides is 1. The van der Waals surface area contributed by atoms with Crippen LogP contribution in [0.25, 0.3) is 0 Å². The first-order valence-electron chi connectivity index (χ1n) is 10.2. The van der Waals surface area contributed by atoms with Crippen LogP contribution in [0.2, 0.25) is 0 Å². The maximum atomic E-state index is 14.5. The van der Waals surface area contributed by atoms with Gasteiger partial charge in [-0.15, -0.1) is 0 Å². The summed E-state index contributed by atoms with van der Waals surface area (Å²) in [7, 11) is 0. The lowest BCUT2D eigenvalue weighted by molar-refractivity contribution is -0.116. The third-order valence-electron chi connectivity index (χ3n) is 6.40. The highest BCUT2D eigenvalue weighted by molar-refractivity contribution is 5.94. The summed E-state index contributed by atoms with van der Waals surface area (Å²) >= 11 is 0. The first kappa shape index (κ1) is 19.8. The minimum atomic E-state index is -1.26. The highest BCUT2D eigenvalue weighted by Gasteiger charge is 2.40. The fraction of sp³-hybridized carbons (Fsp3) is 0.304. The zero-order valence-corrected chi connectivity index (χ0v) is 16.5. The molecule has 1 aromatic heterocycles. The van der Waals surface area contributed by atoms with Gasteiger partial charge in [0, 0.05) is 35.6 Å². The molecule has 2 aromatic carbocycles. The number of nitrogens with zero attached hydrogens (tertiary/aromatic N) is 1. The predicted octanol–water partition coefficient (Wildman–Crippen LogP) is 4.45. The molecule has 1 saturated carbocycles. The van der Waals surface area contributed by atoms with Crippen molar-refractivity contribution in [1.82, 2.24) is 10.2 Å². The highest BCUT2D eigenvalue weighted by atomic mass is 19.2. The van der Waals surface area contributed by atoms with Crippen molar-refractivity contribution in [3.05, 3.63) is 81.8 Å². The number of halogens is 3. The van der Waals surface area contributed by atoms with Crippen LogP contribution in [-0.2, 0) is 11.4 Å². The third kappa shape index (κ3) is 3.40. The van der Waals surface area contributed by atoms with Crippen LogP contribution < -0.4 is 5.32 Å². The molecule has 3 aromatic rings. The fourth-order valence-corrected chi connectivity index (χ4v) is 4.74. The molecule has 1 atom stereocenters. The van der Waals surface area contributed by atoms with Crippen LogP contribution >= 0.6 is 0 Å². The molecule has 3 N–H and O–H groups in total. The molecule has 2 heterocycles. The molecule has 1 unspecified atom stereocenters. The Bertz CT molecular complexity index is 1170. The monoisotopic (exact) mass is 427 g/mol. The standard InChI is InChI=1S/C23H20F3N3O2/c24-17-9-19(26)18(25)7-15(17)16-8-20(31)27-23-21(16)22(28-29-23)14-5-13(6-14)12-3-1-2-11(4-12)10-30/h1-4,7,9,13-14,16,30H,5-6,8,10H2,(H2,27,28,29,31). The van der Waals surface area contributed by atoms with E-state index in [4.69, 9.17) is 0 Å². The summed E-state index contributed by atoms with van der Waals surface area (Å²) in [5, 5.41) is 19.2. The van der Waals surface area contributed by atoms with Gasteiger partial charge in [-0.2, -0.15) is 5.10 Å². The molecular formula is C23H20F3N3O2. The van der Waals surface area contributed by atoms with Crippen molar-refractivity contribution in [2.45, 2.75) is 43.6 Å². The molecular weight excluding hydrogens is 407 g/mol. The number of nitrogens with one attached hydrogen (secondary N) is 2. The average molecular weight is 427 g/mol. The Labute approximate surface area is 176 Å². The molecule has 1 aliphatic heterocycles. The maximum absolute atomic E-state index is 14.5. The van der Waals surface area contributed by atoms with Crippen molar-refractivity contribution in [2.24, 2.45) is 0 Å². The summed E-state index contributed by atoms with van der Waals surface area (Å²) < 4.78 is 41.8. The van der Waals surface area contributed by atoms with Gasteiger partial charge in [0.05, 0.1) is 6.61 Å². The summed E-state index contributed by atoms with van der Waals surface area (Å²) in [6, 6.07) is 9.16. The first-order chi connectivity index (χ1) is 14.9. The maximum Gasteiger partial charge on any atom is 0.226 e. The second kappa shape index (κ2) is 7.53. The summed E-state index contributed by atoms with van der Waals surface area (Å²) in [6.45, 7) is -0.0147. The normalized spacial score (nSPS) is 22.6. The Morgan fingerprint density at radius 2 is 1.81 bits per heavy atom. The van der Waals surface area contributed by atoms with Crippen LogP contribution in [-0.4, -0.2) is 21.2 Å². The largest absolute Gasteiger partial charge is 0.392 e. The number of aromatic nitrogens is 2. The number of hydrogen-bond acceptors (Lipinski definition) is 3. The lowest BCUT2D eigenvalue weighted by Crippen LogP contribution is -2.27. The van der Waals surface area contributed by atoms with Crippen LogP contribution in [0.1, 0.15) is 65.0 Å². The van der Waals surface area contributed by atoms with Gasteiger partial charge in [0.2, 0.25) is 5.91 Å². The Kier molecular flexibility index (Phi) is 4.81. The van der Waals surface area contributed by atoms with E-state index in [1.165, 1.54) is 0 Å². The smallest absolute Gasteiger partial charge is 0.226 e. The number of hydrogen-bond donors (Lipinski definition) is 3. The number of carbonyl (C=O) groups excluding carboxylic acids is 1. The molecule has 8 heteroatoms. The second-order valence-electron chi connectivity index (χ2n) is 8.26. The minimum Gasteiger partial charge on any atom is -0.392 e. The molecule has 1 amide bonds. The summed E-state index contributed by atoms with van der Waals surface area (Å²) in [5.74, 6) is -3.66. The lowest BCUT2D eigenvalue weighted by atomic mass is 9.68. The number of anilines is 1. The summed E-state index contributed by atoms with van der Waals surface area (Å²) in [4.78, 5) is 12.2. The van der Waals surface area contributed by atoms with Crippen LogP contribution in [0.5, 0.6) is 0 Å². The molecule has 160 valence electrons. The Morgan fingerprint density at radius 1 is 1.03 bits per heavy atom. The van der Waals surface area contributed by atoms with Gasteiger partial charge in [-0.25, -0.2) is 13.2 Å². The van der Waals surface area contributed by atoms with E-state index >= 15 is 0 Å². The molecule has 0 spiro atoms. The van der Waals surface area contributed by atoms with Gasteiger partial charge < -0.3 is 10.4 Å². The SMILES string of the molecule is O=C1CC(c2cc(F)c(F)cc2F)c2c(n[nH]c2C2CC(c3cccc(CO)c3)C2)N1. The van der Waals surface area contributed by atoms with Gasteiger partial charge in [-0.3, -0.25) is 9.89 Å². The average Bonchev–Trinajstić information content (AvgIpc) is 3.12. The second-order valence-corrected chi connectivity index (χ2v) is 8.26. The van der Waals surface area contributed by atoms with E-state index in [9.17, 15) is 23.1 Å². The number of carbonyl (C=O) groups is 1. The van der Waals surface area contributed by atoms with Crippen molar-refractivity contribution in [1.29, 1.82) is 0 Å². The zero-order chi connectivity index (χ0) is 21.7. The van der Waals surface area contributed by atoms with Gasteiger partial charge >= 0.3 is 0 Å². The molecule has 1 aliphatic carbocycles. The van der Waals surface area contributed by atoms with E-state index < -0.39 is 23.4 Å². The first-order valence-corrected chi connectivity index (χ1v) is 10.2. The van der Waals surface area contributed by atoms with Crippen molar-refractivity contribution in [3.63, 3.8) is 0 Å². The van der Waals surface area contributed by atoms with Gasteiger partial charge in [0.15, 0.2) is 17.5 Å². The topological polar surface area (TPSA) is 78.0 Å². The number of aliphatic hydroxyl groups is 1. The van der Waals surface area contributed by atoms with E-state index in [2.05, 4.69) is 15.5 Å². The molecule has 0 saturated heterocycles. The zero-order valence-electron chi connectivity index (χ0n) is 16.5. The molecule has 0 bridgehead atoms. The number of aliphatic hydroxyl groups excluding tert-OH is 1. The van der Waals surface area contributed by atoms with Crippen molar-refractivity contribution in [3.8, 4) is 0 Å². The van der Waals surface area contributed by atoms with E-state index in [-0.39, 0.29) is 30.4 Å². The fourth-order valence-electron chi connectivity index (χ4n) is 4.74. The number of rotatable bonds is 4. The number of aromatic amines is 1. The van der Waals surface area contributed by atoms with Crippen LogP contribution in [0.3, 0.4) is 0 Å². The van der Waals surface area contributed by atoms with Gasteiger partial charge in [0.25, 0.3) is 0 Å². The van der Waals surface area contributed by atoms with E-state index in [0.29, 0.717) is 23.4 Å². The lowest BCUT2D eigenvalue weighted by Gasteiger charge is -2.37. The minimum absolute atomic E-state index is 0.0147. The predicted molar refractivity (Wildman–Crippen MR) is 107 cm³/mol. The molecule has 5 nitrogen and oxygen atoms in total. The summed E-state index contributed by atoms with van der Waals surface area (Å²) in [6.07, 6.45) is 1.57. The Morgan fingerprint density at radius 3 is 2.58 bits per heavy atom. The van der Waals surface area contributed by atoms with Gasteiger partial charge in [0.1, 0.15) is 5.82 Å². The highest BCUT2D eigenvalue weighted by Crippen LogP contribution is 2.51. The van der Waals surface area contributed by atoms with Crippen molar-refractivity contribution >= 4 is 11.7 Å². The Balaban J connectivity index is 1.46. The van der Waals surface area contributed by atoms with Crippen LogP contribution in [0.4, 0.5) is 19.0 Å². The number of H-pyrrole nitrogens is 1. The van der Waals surface area contributed by atoms with Crippen LogP contribution in [0.15, 0.2) is 36.4 Å². The van der Waals surface area contributed by atoms with E-state index in [1.807, 2.05) is 24.3 Å². The van der Waals surface area contributed by atoms with E-state index in [1.54, 1.807) is 0 Å². The van der Waals surface area contributed by atoms with Gasteiger partial charge in [-0.05, 0) is 41.5 Å². The van der Waals surface area contributed by atoms with E-state index in [0.717, 1.165) is 35.7 Å². The number of fused-ring (bicyclic) bond motifs is 1.